The van der Waals surface area contributed by atoms with Crippen molar-refractivity contribution >= 4 is 44.9 Å². The summed E-state index contributed by atoms with van der Waals surface area (Å²) >= 11 is 1.43. The number of nitrogens with one attached hydrogen (secondary N) is 1. The zero-order valence-electron chi connectivity index (χ0n) is 16.1. The Morgan fingerprint density at radius 2 is 1.86 bits per heavy atom. The van der Waals surface area contributed by atoms with E-state index in [-0.39, 0.29) is 18.0 Å². The van der Waals surface area contributed by atoms with Gasteiger partial charge >= 0.3 is 5.97 Å². The average Bonchev–Trinajstić information content (AvgIpc) is 2.97. The predicted octanol–water partition coefficient (Wildman–Crippen LogP) is 2.46. The van der Waals surface area contributed by atoms with Gasteiger partial charge in [-0.25, -0.2) is 4.98 Å². The molecule has 150 valence electrons. The van der Waals surface area contributed by atoms with E-state index in [9.17, 15) is 19.2 Å². The number of ketones is 1. The summed E-state index contributed by atoms with van der Waals surface area (Å²) in [5.74, 6) is -1.31. The zero-order chi connectivity index (χ0) is 21.1. The standard InChI is InChI=1S/C20H19N3O5S/c1-11-12(2)29-19-18(11)20(27)23(10-21-19)8-17(26)28-9-16(25)14-4-6-15(7-5-14)22-13(3)24/h4-7,10H,8-9H2,1-3H3,(H,22,24). The third kappa shape index (κ3) is 4.57. The van der Waals surface area contributed by atoms with Gasteiger partial charge in [0.15, 0.2) is 12.4 Å². The molecule has 1 amide bonds. The van der Waals surface area contributed by atoms with Gasteiger partial charge in [0.1, 0.15) is 11.4 Å². The van der Waals surface area contributed by atoms with Crippen molar-refractivity contribution in [1.82, 2.24) is 9.55 Å². The Hall–Kier alpha value is -3.33. The molecule has 0 aliphatic heterocycles. The molecule has 1 N–H and O–H groups in total. The number of amides is 1. The summed E-state index contributed by atoms with van der Waals surface area (Å²) in [7, 11) is 0. The van der Waals surface area contributed by atoms with Gasteiger partial charge in [-0.3, -0.25) is 23.7 Å². The SMILES string of the molecule is CC(=O)Nc1ccc(C(=O)COC(=O)Cn2cnc3sc(C)c(C)c3c2=O)cc1. The molecular weight excluding hydrogens is 394 g/mol. The fraction of sp³-hybridized carbons (Fsp3) is 0.250. The van der Waals surface area contributed by atoms with Gasteiger partial charge in [-0.1, -0.05) is 0 Å². The molecule has 1 aromatic carbocycles. The van der Waals surface area contributed by atoms with Crippen LogP contribution in [-0.4, -0.2) is 33.8 Å². The van der Waals surface area contributed by atoms with Gasteiger partial charge in [0, 0.05) is 23.1 Å². The molecule has 29 heavy (non-hydrogen) atoms. The van der Waals surface area contributed by atoms with E-state index < -0.39 is 18.4 Å². The second kappa shape index (κ2) is 8.36. The molecule has 0 aliphatic carbocycles. The first-order valence-electron chi connectivity index (χ1n) is 8.78. The number of carbonyl (C=O) groups is 3. The van der Waals surface area contributed by atoms with E-state index in [0.29, 0.717) is 21.5 Å². The van der Waals surface area contributed by atoms with E-state index in [1.165, 1.54) is 41.3 Å². The summed E-state index contributed by atoms with van der Waals surface area (Å²) in [6, 6.07) is 6.24. The molecule has 0 saturated carbocycles. The Labute approximate surface area is 170 Å². The largest absolute Gasteiger partial charge is 0.456 e. The van der Waals surface area contributed by atoms with Crippen LogP contribution in [0.2, 0.25) is 0 Å². The number of anilines is 1. The van der Waals surface area contributed by atoms with E-state index >= 15 is 0 Å². The van der Waals surface area contributed by atoms with Crippen molar-refractivity contribution in [2.75, 3.05) is 11.9 Å². The van der Waals surface area contributed by atoms with E-state index in [4.69, 9.17) is 4.74 Å². The van der Waals surface area contributed by atoms with Crippen LogP contribution in [0.4, 0.5) is 5.69 Å². The summed E-state index contributed by atoms with van der Waals surface area (Å²) in [4.78, 5) is 53.7. The maximum atomic E-state index is 12.6. The lowest BCUT2D eigenvalue weighted by molar-refractivity contribution is -0.143. The maximum absolute atomic E-state index is 12.6. The van der Waals surface area contributed by atoms with Crippen molar-refractivity contribution in [3.8, 4) is 0 Å². The number of benzene rings is 1. The number of ether oxygens (including phenoxy) is 1. The molecule has 0 radical (unpaired) electrons. The summed E-state index contributed by atoms with van der Waals surface area (Å²) in [5, 5.41) is 3.10. The van der Waals surface area contributed by atoms with Crippen LogP contribution in [0, 0.1) is 13.8 Å². The number of carbonyl (C=O) groups excluding carboxylic acids is 3. The lowest BCUT2D eigenvalue weighted by Crippen LogP contribution is -2.26. The summed E-state index contributed by atoms with van der Waals surface area (Å²) in [5.41, 5.74) is 1.44. The molecular formula is C20H19N3O5S. The Morgan fingerprint density at radius 1 is 1.17 bits per heavy atom. The maximum Gasteiger partial charge on any atom is 0.326 e. The van der Waals surface area contributed by atoms with Crippen molar-refractivity contribution in [3.05, 3.63) is 57.0 Å². The minimum Gasteiger partial charge on any atom is -0.456 e. The van der Waals surface area contributed by atoms with Gasteiger partial charge in [0.2, 0.25) is 5.91 Å². The van der Waals surface area contributed by atoms with E-state index in [1.807, 2.05) is 13.8 Å². The molecule has 0 saturated heterocycles. The van der Waals surface area contributed by atoms with Crippen molar-refractivity contribution in [2.45, 2.75) is 27.3 Å². The highest BCUT2D eigenvalue weighted by Gasteiger charge is 2.15. The number of aromatic nitrogens is 2. The van der Waals surface area contributed by atoms with Crippen LogP contribution >= 0.6 is 11.3 Å². The van der Waals surface area contributed by atoms with Crippen LogP contribution in [-0.2, 0) is 20.9 Å². The Balaban J connectivity index is 1.62. The normalized spacial score (nSPS) is 10.7. The first-order valence-corrected chi connectivity index (χ1v) is 9.59. The van der Waals surface area contributed by atoms with Gasteiger partial charge in [-0.15, -0.1) is 11.3 Å². The minimum atomic E-state index is -0.707. The van der Waals surface area contributed by atoms with Gasteiger partial charge in [-0.05, 0) is 43.7 Å². The number of hydrogen-bond donors (Lipinski definition) is 1. The zero-order valence-corrected chi connectivity index (χ0v) is 17.0. The van der Waals surface area contributed by atoms with E-state index in [2.05, 4.69) is 10.3 Å². The lowest BCUT2D eigenvalue weighted by atomic mass is 10.1. The highest BCUT2D eigenvalue weighted by atomic mass is 32.1. The molecule has 0 spiro atoms. The number of rotatable bonds is 6. The van der Waals surface area contributed by atoms with Gasteiger partial charge in [-0.2, -0.15) is 0 Å². The first-order chi connectivity index (χ1) is 13.8. The highest BCUT2D eigenvalue weighted by molar-refractivity contribution is 7.18. The quantitative estimate of drug-likeness (QED) is 0.491. The highest BCUT2D eigenvalue weighted by Crippen LogP contribution is 2.25. The van der Waals surface area contributed by atoms with E-state index in [1.54, 1.807) is 12.1 Å². The number of Topliss-reactive ketones (excluding diaryl/α,β-unsaturated/α-hetero) is 1. The third-order valence-corrected chi connectivity index (χ3v) is 5.46. The Kier molecular flexibility index (Phi) is 5.88. The molecule has 8 nitrogen and oxygen atoms in total. The molecule has 0 fully saturated rings. The molecule has 0 aliphatic rings. The molecule has 3 aromatic rings. The molecule has 2 heterocycles. The number of nitrogens with zero attached hydrogens (tertiary/aromatic N) is 2. The van der Waals surface area contributed by atoms with Crippen molar-refractivity contribution < 1.29 is 19.1 Å². The number of fused-ring (bicyclic) bond motifs is 1. The summed E-state index contributed by atoms with van der Waals surface area (Å²) < 4.78 is 6.19. The van der Waals surface area contributed by atoms with Crippen molar-refractivity contribution in [2.24, 2.45) is 0 Å². The number of thiophene rings is 1. The Morgan fingerprint density at radius 3 is 2.52 bits per heavy atom. The van der Waals surface area contributed by atoms with E-state index in [0.717, 1.165) is 10.4 Å². The fourth-order valence-corrected chi connectivity index (χ4v) is 3.73. The molecule has 0 unspecified atom stereocenters. The van der Waals surface area contributed by atoms with Gasteiger partial charge in [0.05, 0.1) is 11.7 Å². The molecule has 0 bridgehead atoms. The summed E-state index contributed by atoms with van der Waals surface area (Å²) in [6.45, 7) is 4.37. The van der Waals surface area contributed by atoms with Crippen molar-refractivity contribution in [3.63, 3.8) is 0 Å². The first kappa shape index (κ1) is 20.4. The molecule has 3 rings (SSSR count). The van der Waals surface area contributed by atoms with Crippen LogP contribution in [0.1, 0.15) is 27.7 Å². The number of hydrogen-bond acceptors (Lipinski definition) is 7. The Bertz CT molecular complexity index is 1160. The third-order valence-electron chi connectivity index (χ3n) is 4.35. The van der Waals surface area contributed by atoms with Crippen molar-refractivity contribution in [1.29, 1.82) is 0 Å². The smallest absolute Gasteiger partial charge is 0.326 e. The predicted molar refractivity (Wildman–Crippen MR) is 109 cm³/mol. The monoisotopic (exact) mass is 413 g/mol. The fourth-order valence-electron chi connectivity index (χ4n) is 2.74. The topological polar surface area (TPSA) is 107 Å². The number of aryl methyl sites for hydroxylation is 2. The molecule has 2 aromatic heterocycles. The van der Waals surface area contributed by atoms with Gasteiger partial charge < -0.3 is 10.1 Å². The second-order valence-corrected chi connectivity index (χ2v) is 7.69. The molecule has 0 atom stereocenters. The second-order valence-electron chi connectivity index (χ2n) is 6.48. The molecule has 9 heteroatoms. The number of esters is 1. The van der Waals surface area contributed by atoms with Crippen LogP contribution in [0.5, 0.6) is 0 Å². The lowest BCUT2D eigenvalue weighted by Gasteiger charge is -2.07. The van der Waals surface area contributed by atoms with Crippen LogP contribution in [0.25, 0.3) is 10.2 Å². The summed E-state index contributed by atoms with van der Waals surface area (Å²) in [6.07, 6.45) is 1.31. The van der Waals surface area contributed by atoms with Crippen LogP contribution < -0.4 is 10.9 Å². The minimum absolute atomic E-state index is 0.214. The van der Waals surface area contributed by atoms with Gasteiger partial charge in [0.25, 0.3) is 5.56 Å². The van der Waals surface area contributed by atoms with Crippen LogP contribution in [0.15, 0.2) is 35.4 Å². The van der Waals surface area contributed by atoms with Crippen LogP contribution in [0.3, 0.4) is 0 Å². The average molecular weight is 413 g/mol.